The van der Waals surface area contributed by atoms with Crippen LogP contribution in [0.25, 0.3) is 0 Å². The Morgan fingerprint density at radius 3 is 2.56 bits per heavy atom. The highest BCUT2D eigenvalue weighted by molar-refractivity contribution is 5.87. The van der Waals surface area contributed by atoms with Crippen LogP contribution in [0, 0.1) is 0 Å². The lowest BCUT2D eigenvalue weighted by atomic mass is 9.93. The zero-order valence-corrected chi connectivity index (χ0v) is 10.2. The molecule has 0 unspecified atom stereocenters. The van der Waals surface area contributed by atoms with Crippen molar-refractivity contribution in [1.29, 1.82) is 0 Å². The summed E-state index contributed by atoms with van der Waals surface area (Å²) in [5.74, 6) is -1.31. The highest BCUT2D eigenvalue weighted by atomic mass is 16.4. The molecule has 96 valence electrons. The zero-order chi connectivity index (χ0) is 13.3. The van der Waals surface area contributed by atoms with Crippen molar-refractivity contribution in [2.45, 2.75) is 32.0 Å². The predicted molar refractivity (Wildman–Crippen MR) is 65.8 cm³/mol. The molecule has 0 aromatic heterocycles. The highest BCUT2D eigenvalue weighted by Gasteiger charge is 2.35. The second-order valence-electron chi connectivity index (χ2n) is 4.58. The van der Waals surface area contributed by atoms with Crippen LogP contribution in [0.5, 0.6) is 0 Å². The lowest BCUT2D eigenvalue weighted by molar-refractivity contribution is -0.151. The molecule has 18 heavy (non-hydrogen) atoms. The van der Waals surface area contributed by atoms with Gasteiger partial charge in [0.1, 0.15) is 6.04 Å². The van der Waals surface area contributed by atoms with Crippen LogP contribution in [0.3, 0.4) is 0 Å². The van der Waals surface area contributed by atoms with Crippen LogP contribution in [-0.4, -0.2) is 34.0 Å². The van der Waals surface area contributed by atoms with Crippen molar-refractivity contribution < 1.29 is 14.7 Å². The minimum absolute atomic E-state index is 0.313. The van der Waals surface area contributed by atoms with Crippen molar-refractivity contribution in [1.82, 2.24) is 4.90 Å². The van der Waals surface area contributed by atoms with Gasteiger partial charge in [0, 0.05) is 13.0 Å². The van der Waals surface area contributed by atoms with E-state index >= 15 is 0 Å². The number of hydrogen-bond donors (Lipinski definition) is 2. The number of hydrogen-bond acceptors (Lipinski definition) is 3. The first-order valence-electron chi connectivity index (χ1n) is 5.86. The summed E-state index contributed by atoms with van der Waals surface area (Å²) in [7, 11) is 0. The first-order valence-corrected chi connectivity index (χ1v) is 5.86. The molecule has 1 aliphatic heterocycles. The zero-order valence-electron chi connectivity index (χ0n) is 10.2. The minimum atomic E-state index is -0.987. The molecule has 1 aromatic rings. The molecule has 0 saturated heterocycles. The molecular weight excluding hydrogens is 232 g/mol. The molecule has 0 aliphatic carbocycles. The van der Waals surface area contributed by atoms with Crippen molar-refractivity contribution in [3.63, 3.8) is 0 Å². The van der Waals surface area contributed by atoms with E-state index in [9.17, 15) is 14.7 Å². The molecular formula is C13H16N2O3. The Bertz CT molecular complexity index is 485. The Balaban J connectivity index is 2.34. The van der Waals surface area contributed by atoms with Crippen molar-refractivity contribution in [3.05, 3.63) is 35.4 Å². The van der Waals surface area contributed by atoms with Gasteiger partial charge in [0.2, 0.25) is 5.91 Å². The van der Waals surface area contributed by atoms with Gasteiger partial charge in [-0.05, 0) is 18.1 Å². The molecule has 5 heteroatoms. The molecule has 1 amide bonds. The molecule has 1 aliphatic rings. The van der Waals surface area contributed by atoms with Crippen LogP contribution in [-0.2, 0) is 22.6 Å². The average Bonchev–Trinajstić information content (AvgIpc) is 2.36. The summed E-state index contributed by atoms with van der Waals surface area (Å²) in [4.78, 5) is 24.6. The first kappa shape index (κ1) is 12.6. The third-order valence-corrected chi connectivity index (χ3v) is 3.21. The minimum Gasteiger partial charge on any atom is -0.480 e. The highest BCUT2D eigenvalue weighted by Crippen LogP contribution is 2.23. The molecule has 0 radical (unpaired) electrons. The average molecular weight is 248 g/mol. The van der Waals surface area contributed by atoms with Crippen molar-refractivity contribution in [2.24, 2.45) is 5.73 Å². The van der Waals surface area contributed by atoms with Crippen LogP contribution in [0.4, 0.5) is 0 Å². The first-order chi connectivity index (χ1) is 8.50. The predicted octanol–water partition coefficient (Wildman–Crippen LogP) is 0.372. The quantitative estimate of drug-likeness (QED) is 0.792. The Hall–Kier alpha value is -1.88. The standard InChI is InChI=1S/C13H16N2O3/c1-8(14)12(16)15-7-10-5-3-2-4-9(10)6-11(15)13(17)18/h2-5,8,11H,6-7,14H2,1H3,(H,17,18)/t8-,11-/m1/s1. The number of rotatable bonds is 2. The lowest BCUT2D eigenvalue weighted by Crippen LogP contribution is -2.53. The molecule has 5 nitrogen and oxygen atoms in total. The van der Waals surface area contributed by atoms with E-state index in [0.717, 1.165) is 11.1 Å². The topological polar surface area (TPSA) is 83.6 Å². The number of fused-ring (bicyclic) bond motifs is 1. The van der Waals surface area contributed by atoms with Gasteiger partial charge in [-0.2, -0.15) is 0 Å². The number of benzene rings is 1. The number of carboxylic acid groups (broad SMARTS) is 1. The summed E-state index contributed by atoms with van der Waals surface area (Å²) >= 11 is 0. The van der Waals surface area contributed by atoms with Crippen LogP contribution < -0.4 is 5.73 Å². The third-order valence-electron chi connectivity index (χ3n) is 3.21. The van der Waals surface area contributed by atoms with E-state index in [-0.39, 0.29) is 5.91 Å². The number of carboxylic acids is 1. The molecule has 0 spiro atoms. The largest absolute Gasteiger partial charge is 0.480 e. The summed E-state index contributed by atoms with van der Waals surface area (Å²) < 4.78 is 0. The van der Waals surface area contributed by atoms with Gasteiger partial charge in [-0.25, -0.2) is 4.79 Å². The second kappa shape index (κ2) is 4.78. The maximum Gasteiger partial charge on any atom is 0.326 e. The number of aliphatic carboxylic acids is 1. The van der Waals surface area contributed by atoms with Crippen LogP contribution in [0.1, 0.15) is 18.1 Å². The van der Waals surface area contributed by atoms with Gasteiger partial charge in [0.15, 0.2) is 0 Å². The Labute approximate surface area is 105 Å². The van der Waals surface area contributed by atoms with Gasteiger partial charge in [0.05, 0.1) is 6.04 Å². The van der Waals surface area contributed by atoms with Gasteiger partial charge < -0.3 is 15.7 Å². The number of amides is 1. The third kappa shape index (κ3) is 2.22. The lowest BCUT2D eigenvalue weighted by Gasteiger charge is -2.35. The molecule has 0 fully saturated rings. The van der Waals surface area contributed by atoms with Gasteiger partial charge in [-0.3, -0.25) is 4.79 Å². The monoisotopic (exact) mass is 248 g/mol. The number of nitrogens with zero attached hydrogens (tertiary/aromatic N) is 1. The summed E-state index contributed by atoms with van der Waals surface area (Å²) in [5.41, 5.74) is 7.54. The van der Waals surface area contributed by atoms with E-state index in [2.05, 4.69) is 0 Å². The summed E-state index contributed by atoms with van der Waals surface area (Å²) in [6.45, 7) is 1.88. The number of nitrogens with two attached hydrogens (primary N) is 1. The van der Waals surface area contributed by atoms with E-state index < -0.39 is 18.1 Å². The maximum absolute atomic E-state index is 12.0. The maximum atomic E-state index is 12.0. The molecule has 1 aromatic carbocycles. The number of carbonyl (C=O) groups excluding carboxylic acids is 1. The molecule has 3 N–H and O–H groups in total. The summed E-state index contributed by atoms with van der Waals surface area (Å²) in [6, 6.07) is 6.07. The fourth-order valence-electron chi connectivity index (χ4n) is 2.24. The van der Waals surface area contributed by atoms with Crippen LogP contribution in [0.2, 0.25) is 0 Å². The molecule has 0 bridgehead atoms. The van der Waals surface area contributed by atoms with Crippen molar-refractivity contribution in [2.75, 3.05) is 0 Å². The molecule has 1 heterocycles. The molecule has 2 atom stereocenters. The Kier molecular flexibility index (Phi) is 3.34. The van der Waals surface area contributed by atoms with Crippen molar-refractivity contribution in [3.8, 4) is 0 Å². The van der Waals surface area contributed by atoms with E-state index in [1.165, 1.54) is 4.90 Å². The summed E-state index contributed by atoms with van der Waals surface area (Å²) in [6.07, 6.45) is 0.337. The van der Waals surface area contributed by atoms with Gasteiger partial charge in [0.25, 0.3) is 0 Å². The fourth-order valence-corrected chi connectivity index (χ4v) is 2.24. The Morgan fingerprint density at radius 1 is 1.39 bits per heavy atom. The van der Waals surface area contributed by atoms with Gasteiger partial charge in [-0.1, -0.05) is 24.3 Å². The number of carbonyl (C=O) groups is 2. The van der Waals surface area contributed by atoms with Gasteiger partial charge >= 0.3 is 5.97 Å². The summed E-state index contributed by atoms with van der Waals surface area (Å²) in [5, 5.41) is 9.23. The second-order valence-corrected chi connectivity index (χ2v) is 4.58. The van der Waals surface area contributed by atoms with E-state index in [4.69, 9.17) is 5.73 Å². The van der Waals surface area contributed by atoms with Crippen LogP contribution in [0.15, 0.2) is 24.3 Å². The molecule has 2 rings (SSSR count). The normalized spacial score (nSPS) is 20.1. The van der Waals surface area contributed by atoms with Crippen molar-refractivity contribution >= 4 is 11.9 Å². The smallest absolute Gasteiger partial charge is 0.326 e. The van der Waals surface area contributed by atoms with E-state index in [1.807, 2.05) is 24.3 Å². The van der Waals surface area contributed by atoms with E-state index in [0.29, 0.717) is 13.0 Å². The SMILES string of the molecule is C[C@@H](N)C(=O)N1Cc2ccccc2C[C@@H]1C(=O)O. The molecule has 0 saturated carbocycles. The van der Waals surface area contributed by atoms with E-state index in [1.54, 1.807) is 6.92 Å². The Morgan fingerprint density at radius 2 is 2.00 bits per heavy atom. The van der Waals surface area contributed by atoms with Crippen LogP contribution >= 0.6 is 0 Å². The fraction of sp³-hybridized carbons (Fsp3) is 0.385. The van der Waals surface area contributed by atoms with Gasteiger partial charge in [-0.15, -0.1) is 0 Å².